The third-order valence-corrected chi connectivity index (χ3v) is 3.38. The number of hydrogen-bond donors (Lipinski definition) is 1. The minimum atomic E-state index is -0.877. The second-order valence-electron chi connectivity index (χ2n) is 5.13. The molecule has 1 aliphatic heterocycles. The van der Waals surface area contributed by atoms with E-state index in [1.165, 1.54) is 4.90 Å². The van der Waals surface area contributed by atoms with Crippen molar-refractivity contribution in [1.82, 2.24) is 9.80 Å². The highest BCUT2D eigenvalue weighted by molar-refractivity contribution is 5.76. The Labute approximate surface area is 113 Å². The molecule has 1 aliphatic rings. The van der Waals surface area contributed by atoms with Crippen molar-refractivity contribution in [3.05, 3.63) is 0 Å². The van der Waals surface area contributed by atoms with Gasteiger partial charge in [0.15, 0.2) is 0 Å². The van der Waals surface area contributed by atoms with Gasteiger partial charge in [0.2, 0.25) is 0 Å². The van der Waals surface area contributed by atoms with Gasteiger partial charge in [-0.2, -0.15) is 5.26 Å². The van der Waals surface area contributed by atoms with Crippen molar-refractivity contribution in [1.29, 1.82) is 5.26 Å². The van der Waals surface area contributed by atoms with Gasteiger partial charge in [0.1, 0.15) is 0 Å². The van der Waals surface area contributed by atoms with Gasteiger partial charge in [0.05, 0.1) is 18.4 Å². The number of amides is 2. The number of carboxylic acid groups (broad SMARTS) is 1. The molecular weight excluding hydrogens is 246 g/mol. The summed E-state index contributed by atoms with van der Waals surface area (Å²) in [7, 11) is 1.66. The molecule has 0 saturated carbocycles. The molecule has 2 amide bonds. The highest BCUT2D eigenvalue weighted by Crippen LogP contribution is 2.21. The molecule has 0 bridgehead atoms. The lowest BCUT2D eigenvalue weighted by atomic mass is 10.00. The van der Waals surface area contributed by atoms with Crippen molar-refractivity contribution in [2.75, 3.05) is 20.1 Å². The predicted molar refractivity (Wildman–Crippen MR) is 69.4 cm³/mol. The van der Waals surface area contributed by atoms with Crippen LogP contribution < -0.4 is 0 Å². The van der Waals surface area contributed by atoms with E-state index < -0.39 is 5.97 Å². The zero-order valence-corrected chi connectivity index (χ0v) is 11.5. The molecule has 1 N–H and O–H groups in total. The summed E-state index contributed by atoms with van der Waals surface area (Å²) in [5.41, 5.74) is 0. The fraction of sp³-hybridized carbons (Fsp3) is 0.769. The quantitative estimate of drug-likeness (QED) is 0.837. The molecule has 0 radical (unpaired) electrons. The zero-order valence-electron chi connectivity index (χ0n) is 11.5. The first-order valence-corrected chi connectivity index (χ1v) is 6.58. The van der Waals surface area contributed by atoms with Crippen LogP contribution in [0, 0.1) is 17.2 Å². The maximum Gasteiger partial charge on any atom is 0.320 e. The topological polar surface area (TPSA) is 84.6 Å². The van der Waals surface area contributed by atoms with E-state index in [2.05, 4.69) is 6.07 Å². The van der Waals surface area contributed by atoms with E-state index in [1.807, 2.05) is 0 Å². The van der Waals surface area contributed by atoms with Crippen LogP contribution in [-0.2, 0) is 4.79 Å². The Hall–Kier alpha value is -1.77. The molecule has 1 rings (SSSR count). The fourth-order valence-electron chi connectivity index (χ4n) is 2.42. The third-order valence-electron chi connectivity index (χ3n) is 3.38. The van der Waals surface area contributed by atoms with Gasteiger partial charge in [0.25, 0.3) is 0 Å². The molecule has 1 fully saturated rings. The lowest BCUT2D eigenvalue weighted by molar-refractivity contribution is -0.138. The summed E-state index contributed by atoms with van der Waals surface area (Å²) < 4.78 is 0. The molecule has 6 nitrogen and oxygen atoms in total. The fourth-order valence-corrected chi connectivity index (χ4v) is 2.42. The SMILES string of the molecule is CC(C#N)CN(C)C(=O)N1CCCCC1CC(=O)O. The molecule has 0 aliphatic carbocycles. The Morgan fingerprint density at radius 1 is 1.53 bits per heavy atom. The minimum Gasteiger partial charge on any atom is -0.481 e. The van der Waals surface area contributed by atoms with Gasteiger partial charge in [-0.25, -0.2) is 4.79 Å². The van der Waals surface area contributed by atoms with E-state index >= 15 is 0 Å². The van der Waals surface area contributed by atoms with Crippen LogP contribution in [0.25, 0.3) is 0 Å². The van der Waals surface area contributed by atoms with E-state index in [0.717, 1.165) is 19.3 Å². The number of nitrogens with zero attached hydrogens (tertiary/aromatic N) is 3. The van der Waals surface area contributed by atoms with Crippen LogP contribution in [0.5, 0.6) is 0 Å². The lowest BCUT2D eigenvalue weighted by Crippen LogP contribution is -2.50. The Balaban J connectivity index is 2.66. The summed E-state index contributed by atoms with van der Waals surface area (Å²) >= 11 is 0. The molecule has 106 valence electrons. The number of rotatable bonds is 4. The van der Waals surface area contributed by atoms with Gasteiger partial charge in [0, 0.05) is 26.2 Å². The molecule has 19 heavy (non-hydrogen) atoms. The average Bonchev–Trinajstić information content (AvgIpc) is 2.37. The number of piperidine rings is 1. The molecule has 0 aromatic heterocycles. The molecule has 2 atom stereocenters. The number of aliphatic carboxylic acids is 1. The third kappa shape index (κ3) is 4.43. The van der Waals surface area contributed by atoms with Crippen LogP contribution in [-0.4, -0.2) is 53.1 Å². The summed E-state index contributed by atoms with van der Waals surface area (Å²) in [6.07, 6.45) is 2.59. The molecule has 0 spiro atoms. The second kappa shape index (κ2) is 6.98. The van der Waals surface area contributed by atoms with Crippen molar-refractivity contribution < 1.29 is 14.7 Å². The normalized spacial score (nSPS) is 20.5. The number of carbonyl (C=O) groups excluding carboxylic acids is 1. The number of carboxylic acids is 1. The molecule has 6 heteroatoms. The highest BCUT2D eigenvalue weighted by Gasteiger charge is 2.30. The summed E-state index contributed by atoms with van der Waals surface area (Å²) in [5.74, 6) is -1.10. The first-order valence-electron chi connectivity index (χ1n) is 6.58. The molecule has 2 unspecified atom stereocenters. The van der Waals surface area contributed by atoms with Crippen LogP contribution >= 0.6 is 0 Å². The van der Waals surface area contributed by atoms with Crippen LogP contribution in [0.3, 0.4) is 0 Å². The van der Waals surface area contributed by atoms with E-state index in [0.29, 0.717) is 13.1 Å². The van der Waals surface area contributed by atoms with Crippen LogP contribution in [0.2, 0.25) is 0 Å². The minimum absolute atomic E-state index is 0.00656. The van der Waals surface area contributed by atoms with Gasteiger partial charge in [-0.1, -0.05) is 0 Å². The molecule has 0 aromatic rings. The van der Waals surface area contributed by atoms with Gasteiger partial charge in [-0.15, -0.1) is 0 Å². The highest BCUT2D eigenvalue weighted by atomic mass is 16.4. The average molecular weight is 267 g/mol. The summed E-state index contributed by atoms with van der Waals surface area (Å²) in [5, 5.41) is 17.7. The van der Waals surface area contributed by atoms with Crippen LogP contribution in [0.4, 0.5) is 4.79 Å². The van der Waals surface area contributed by atoms with Gasteiger partial charge in [-0.05, 0) is 26.2 Å². The van der Waals surface area contributed by atoms with Gasteiger partial charge < -0.3 is 14.9 Å². The van der Waals surface area contributed by atoms with Crippen molar-refractivity contribution in [2.45, 2.75) is 38.6 Å². The van der Waals surface area contributed by atoms with Crippen LogP contribution in [0.1, 0.15) is 32.6 Å². The Kier molecular flexibility index (Phi) is 5.61. The van der Waals surface area contributed by atoms with Crippen molar-refractivity contribution >= 4 is 12.0 Å². The standard InChI is InChI=1S/C13H21N3O3/c1-10(8-14)9-15(2)13(19)16-6-4-3-5-11(16)7-12(17)18/h10-11H,3-7,9H2,1-2H3,(H,17,18). The van der Waals surface area contributed by atoms with Gasteiger partial charge >= 0.3 is 12.0 Å². The maximum absolute atomic E-state index is 12.3. The predicted octanol–water partition coefficient (Wildman–Crippen LogP) is 1.53. The van der Waals surface area contributed by atoms with E-state index in [4.69, 9.17) is 10.4 Å². The van der Waals surface area contributed by atoms with Crippen molar-refractivity contribution in [3.8, 4) is 6.07 Å². The smallest absolute Gasteiger partial charge is 0.320 e. The molecule has 0 aromatic carbocycles. The number of nitriles is 1. The number of carbonyl (C=O) groups is 2. The van der Waals surface area contributed by atoms with Crippen molar-refractivity contribution in [2.24, 2.45) is 5.92 Å². The number of hydrogen-bond acceptors (Lipinski definition) is 3. The Morgan fingerprint density at radius 2 is 2.21 bits per heavy atom. The van der Waals surface area contributed by atoms with Gasteiger partial charge in [-0.3, -0.25) is 4.79 Å². The number of likely N-dealkylation sites (tertiary alicyclic amines) is 1. The molecular formula is C13H21N3O3. The van der Waals surface area contributed by atoms with E-state index in [-0.39, 0.29) is 24.4 Å². The summed E-state index contributed by atoms with van der Waals surface area (Å²) in [4.78, 5) is 26.3. The van der Waals surface area contributed by atoms with E-state index in [9.17, 15) is 9.59 Å². The monoisotopic (exact) mass is 267 g/mol. The number of urea groups is 1. The second-order valence-corrected chi connectivity index (χ2v) is 5.13. The molecule has 1 saturated heterocycles. The summed E-state index contributed by atoms with van der Waals surface area (Å²) in [6, 6.07) is 1.69. The Bertz CT molecular complexity index is 378. The Morgan fingerprint density at radius 3 is 2.79 bits per heavy atom. The lowest BCUT2D eigenvalue weighted by Gasteiger charge is -2.37. The largest absolute Gasteiger partial charge is 0.481 e. The first-order chi connectivity index (χ1) is 8.95. The van der Waals surface area contributed by atoms with Crippen molar-refractivity contribution in [3.63, 3.8) is 0 Å². The molecule has 1 heterocycles. The van der Waals surface area contributed by atoms with Crippen LogP contribution in [0.15, 0.2) is 0 Å². The summed E-state index contributed by atoms with van der Waals surface area (Å²) in [6.45, 7) is 2.72. The zero-order chi connectivity index (χ0) is 14.4. The maximum atomic E-state index is 12.3. The first kappa shape index (κ1) is 15.3. The van der Waals surface area contributed by atoms with E-state index in [1.54, 1.807) is 18.9 Å².